The van der Waals surface area contributed by atoms with E-state index in [9.17, 15) is 13.6 Å². The highest BCUT2D eigenvalue weighted by Gasteiger charge is 2.17. The standard InChI is InChI=1S/C20H21F2N3O2S/c1-24(11-14-7-9-15(10-8-14)27-20(21)22)13-19(26)25(2)12-18-23-16-5-3-4-6-17(16)28-18/h3-10,20H,11-13H2,1-2H3/p+1. The van der Waals surface area contributed by atoms with Crippen molar-refractivity contribution in [2.24, 2.45) is 0 Å². The number of ether oxygens (including phenoxy) is 1. The Bertz CT molecular complexity index is 898. The van der Waals surface area contributed by atoms with E-state index in [-0.39, 0.29) is 11.7 Å². The molecule has 0 saturated carbocycles. The Balaban J connectivity index is 1.51. The molecule has 0 aliphatic heterocycles. The molecule has 1 atom stereocenters. The van der Waals surface area contributed by atoms with Gasteiger partial charge in [0.1, 0.15) is 17.3 Å². The average Bonchev–Trinajstić information content (AvgIpc) is 3.05. The number of nitrogens with zero attached hydrogens (tertiary/aromatic N) is 2. The van der Waals surface area contributed by atoms with Crippen molar-refractivity contribution in [1.29, 1.82) is 0 Å². The molecular formula is C20H22F2N3O2S+. The quantitative estimate of drug-likeness (QED) is 0.626. The smallest absolute Gasteiger partial charge is 0.387 e. The number of fused-ring (bicyclic) bond motifs is 1. The van der Waals surface area contributed by atoms with Crippen LogP contribution in [0.15, 0.2) is 48.5 Å². The van der Waals surface area contributed by atoms with Crippen LogP contribution in [-0.2, 0) is 17.9 Å². The molecule has 1 aromatic heterocycles. The van der Waals surface area contributed by atoms with Crippen LogP contribution in [-0.4, -0.2) is 43.0 Å². The molecule has 0 bridgehead atoms. The first-order valence-corrected chi connectivity index (χ1v) is 9.66. The molecule has 1 unspecified atom stereocenters. The maximum atomic E-state index is 12.5. The zero-order valence-electron chi connectivity index (χ0n) is 15.7. The Morgan fingerprint density at radius 1 is 1.21 bits per heavy atom. The number of amides is 1. The van der Waals surface area contributed by atoms with Gasteiger partial charge in [0.05, 0.1) is 23.8 Å². The molecule has 0 aliphatic rings. The van der Waals surface area contributed by atoms with Gasteiger partial charge in [0.25, 0.3) is 5.91 Å². The predicted molar refractivity (Wildman–Crippen MR) is 105 cm³/mol. The van der Waals surface area contributed by atoms with Crippen LogP contribution in [0.5, 0.6) is 5.75 Å². The van der Waals surface area contributed by atoms with Gasteiger partial charge in [-0.3, -0.25) is 4.79 Å². The predicted octanol–water partition coefficient (Wildman–Crippen LogP) is 2.57. The highest BCUT2D eigenvalue weighted by Crippen LogP contribution is 2.22. The van der Waals surface area contributed by atoms with Crippen molar-refractivity contribution in [2.75, 3.05) is 20.6 Å². The van der Waals surface area contributed by atoms with Crippen molar-refractivity contribution in [1.82, 2.24) is 9.88 Å². The minimum absolute atomic E-state index is 0.0226. The van der Waals surface area contributed by atoms with Crippen LogP contribution in [0.4, 0.5) is 8.78 Å². The molecule has 0 fully saturated rings. The fourth-order valence-corrected chi connectivity index (χ4v) is 3.89. The summed E-state index contributed by atoms with van der Waals surface area (Å²) in [5, 5.41) is 0.907. The number of carbonyl (C=O) groups is 1. The number of alkyl halides is 2. The van der Waals surface area contributed by atoms with Gasteiger partial charge in [-0.1, -0.05) is 12.1 Å². The number of carbonyl (C=O) groups excluding carboxylic acids is 1. The first-order chi connectivity index (χ1) is 13.4. The lowest BCUT2D eigenvalue weighted by atomic mass is 10.2. The molecule has 148 valence electrons. The summed E-state index contributed by atoms with van der Waals surface area (Å²) in [4.78, 5) is 19.8. The highest BCUT2D eigenvalue weighted by molar-refractivity contribution is 7.18. The molecule has 8 heteroatoms. The zero-order chi connectivity index (χ0) is 20.1. The molecule has 0 spiro atoms. The number of halogens is 2. The van der Waals surface area contributed by atoms with Crippen LogP contribution in [0.3, 0.4) is 0 Å². The third kappa shape index (κ3) is 5.46. The SMILES string of the molecule is CN(Cc1nc2ccccc2s1)C(=O)C[NH+](C)Cc1ccc(OC(F)F)cc1. The third-order valence-electron chi connectivity index (χ3n) is 4.24. The second-order valence-electron chi connectivity index (χ2n) is 6.66. The van der Waals surface area contributed by atoms with E-state index in [0.29, 0.717) is 19.6 Å². The van der Waals surface area contributed by atoms with Gasteiger partial charge in [0.2, 0.25) is 0 Å². The largest absolute Gasteiger partial charge is 0.435 e. The number of thiazole rings is 1. The van der Waals surface area contributed by atoms with Gasteiger partial charge in [-0.15, -0.1) is 11.3 Å². The van der Waals surface area contributed by atoms with Crippen molar-refractivity contribution in [3.63, 3.8) is 0 Å². The van der Waals surface area contributed by atoms with Crippen molar-refractivity contribution < 1.29 is 23.2 Å². The number of nitrogens with one attached hydrogen (secondary N) is 1. The number of para-hydroxylation sites is 1. The van der Waals surface area contributed by atoms with Gasteiger partial charge in [0.15, 0.2) is 6.54 Å². The number of rotatable bonds is 8. The maximum Gasteiger partial charge on any atom is 0.387 e. The van der Waals surface area contributed by atoms with E-state index in [0.717, 1.165) is 25.7 Å². The molecular weight excluding hydrogens is 384 g/mol. The Morgan fingerprint density at radius 2 is 1.93 bits per heavy atom. The summed E-state index contributed by atoms with van der Waals surface area (Å²) in [6.45, 7) is -1.42. The van der Waals surface area contributed by atoms with Gasteiger partial charge < -0.3 is 14.5 Å². The Morgan fingerprint density at radius 3 is 2.61 bits per heavy atom. The zero-order valence-corrected chi connectivity index (χ0v) is 16.5. The summed E-state index contributed by atoms with van der Waals surface area (Å²) in [5.74, 6) is 0.150. The van der Waals surface area contributed by atoms with Crippen molar-refractivity contribution in [3.05, 3.63) is 59.1 Å². The molecule has 2 aromatic carbocycles. The van der Waals surface area contributed by atoms with E-state index >= 15 is 0 Å². The molecule has 0 radical (unpaired) electrons. The Kier molecular flexibility index (Phi) is 6.53. The van der Waals surface area contributed by atoms with E-state index in [1.165, 1.54) is 12.1 Å². The molecule has 28 heavy (non-hydrogen) atoms. The van der Waals surface area contributed by atoms with E-state index in [4.69, 9.17) is 0 Å². The summed E-state index contributed by atoms with van der Waals surface area (Å²) in [6, 6.07) is 14.4. The number of aromatic nitrogens is 1. The number of hydrogen-bond donors (Lipinski definition) is 1. The van der Waals surface area contributed by atoms with Crippen LogP contribution in [0.2, 0.25) is 0 Å². The second-order valence-corrected chi connectivity index (χ2v) is 7.77. The molecule has 1 amide bonds. The minimum atomic E-state index is -2.83. The van der Waals surface area contributed by atoms with Crippen molar-refractivity contribution in [3.8, 4) is 5.75 Å². The van der Waals surface area contributed by atoms with E-state index in [1.54, 1.807) is 35.4 Å². The van der Waals surface area contributed by atoms with E-state index < -0.39 is 6.61 Å². The first kappa shape index (κ1) is 20.2. The normalized spacial score (nSPS) is 12.3. The second kappa shape index (κ2) is 9.07. The summed E-state index contributed by atoms with van der Waals surface area (Å²) < 4.78 is 29.8. The lowest BCUT2D eigenvalue weighted by molar-refractivity contribution is -0.885. The number of hydrogen-bond acceptors (Lipinski definition) is 4. The van der Waals surface area contributed by atoms with Gasteiger partial charge >= 0.3 is 6.61 Å². The van der Waals surface area contributed by atoms with Crippen LogP contribution >= 0.6 is 11.3 Å². The van der Waals surface area contributed by atoms with Gasteiger partial charge in [-0.25, -0.2) is 4.98 Å². The highest BCUT2D eigenvalue weighted by atomic mass is 32.1. The third-order valence-corrected chi connectivity index (χ3v) is 5.26. The van der Waals surface area contributed by atoms with E-state index in [1.807, 2.05) is 31.3 Å². The maximum absolute atomic E-state index is 12.5. The van der Waals surface area contributed by atoms with Gasteiger partial charge in [-0.2, -0.15) is 8.78 Å². The van der Waals surface area contributed by atoms with Crippen molar-refractivity contribution >= 4 is 27.5 Å². The van der Waals surface area contributed by atoms with Crippen LogP contribution < -0.4 is 9.64 Å². The number of benzene rings is 2. The minimum Gasteiger partial charge on any atom is -0.435 e. The molecule has 0 aliphatic carbocycles. The molecule has 3 rings (SSSR count). The lowest BCUT2D eigenvalue weighted by Gasteiger charge is -2.19. The van der Waals surface area contributed by atoms with Crippen molar-refractivity contribution in [2.45, 2.75) is 19.7 Å². The summed E-state index contributed by atoms with van der Waals surface area (Å²) in [7, 11) is 3.70. The Hall–Kier alpha value is -2.58. The first-order valence-electron chi connectivity index (χ1n) is 8.84. The molecule has 3 aromatic rings. The van der Waals surface area contributed by atoms with E-state index in [2.05, 4.69) is 9.72 Å². The Labute approximate surface area is 166 Å². The summed E-state index contributed by atoms with van der Waals surface area (Å²) in [5.41, 5.74) is 1.89. The van der Waals surface area contributed by atoms with Gasteiger partial charge in [0, 0.05) is 12.6 Å². The fourth-order valence-electron chi connectivity index (χ4n) is 2.87. The topological polar surface area (TPSA) is 46.9 Å². The molecule has 1 N–H and O–H groups in total. The summed E-state index contributed by atoms with van der Waals surface area (Å²) >= 11 is 1.59. The molecule has 0 saturated heterocycles. The lowest BCUT2D eigenvalue weighted by Crippen LogP contribution is -3.08. The van der Waals surface area contributed by atoms with Crippen LogP contribution in [0.1, 0.15) is 10.6 Å². The molecule has 1 heterocycles. The fraction of sp³-hybridized carbons (Fsp3) is 0.300. The van der Waals surface area contributed by atoms with Crippen LogP contribution in [0.25, 0.3) is 10.2 Å². The summed E-state index contributed by atoms with van der Waals surface area (Å²) in [6.07, 6.45) is 0. The molecule has 5 nitrogen and oxygen atoms in total. The number of quaternary nitrogens is 1. The monoisotopic (exact) mass is 406 g/mol. The number of likely N-dealkylation sites (N-methyl/N-ethyl adjacent to an activating group) is 2. The van der Waals surface area contributed by atoms with Gasteiger partial charge in [-0.05, 0) is 36.4 Å². The average molecular weight is 406 g/mol. The van der Waals surface area contributed by atoms with Crippen LogP contribution in [0, 0.1) is 0 Å².